The highest BCUT2D eigenvalue weighted by Crippen LogP contribution is 2.13. The van der Waals surface area contributed by atoms with Crippen molar-refractivity contribution in [3.63, 3.8) is 0 Å². The van der Waals surface area contributed by atoms with Crippen LogP contribution in [0.2, 0.25) is 0 Å². The lowest BCUT2D eigenvalue weighted by Gasteiger charge is -2.26. The Hall–Kier alpha value is -1.23. The lowest BCUT2D eigenvalue weighted by molar-refractivity contribution is 0.0772. The number of rotatable bonds is 1. The molecule has 1 aliphatic rings. The molecule has 80 valence electrons. The molecule has 4 nitrogen and oxygen atoms in total. The first kappa shape index (κ1) is 10.3. The Balaban J connectivity index is 2.12. The zero-order chi connectivity index (χ0) is 10.7. The van der Waals surface area contributed by atoms with Gasteiger partial charge in [-0.05, 0) is 12.1 Å². The number of nitrogens with two attached hydrogens (primary N) is 1. The molecule has 0 unspecified atom stereocenters. The van der Waals surface area contributed by atoms with Crippen LogP contribution in [0.1, 0.15) is 10.4 Å². The third-order valence-corrected chi connectivity index (χ3v) is 3.27. The Kier molecular flexibility index (Phi) is 3.11. The Labute approximate surface area is 92.9 Å². The molecule has 1 saturated heterocycles. The fourth-order valence-electron chi connectivity index (χ4n) is 1.53. The number of carbonyl (C=O) groups is 1. The van der Waals surface area contributed by atoms with Gasteiger partial charge in [-0.1, -0.05) is 0 Å². The van der Waals surface area contributed by atoms with Crippen LogP contribution >= 0.6 is 11.8 Å². The highest BCUT2D eigenvalue weighted by Gasteiger charge is 2.18. The average molecular weight is 223 g/mol. The van der Waals surface area contributed by atoms with E-state index in [1.165, 1.54) is 0 Å². The highest BCUT2D eigenvalue weighted by molar-refractivity contribution is 7.99. The molecule has 0 saturated carbocycles. The van der Waals surface area contributed by atoms with Crippen LogP contribution in [0, 0.1) is 0 Å². The minimum Gasteiger partial charge on any atom is -0.384 e. The SMILES string of the molecule is Nc1cc(C(=O)N2CCSCC2)ccn1. The lowest BCUT2D eigenvalue weighted by atomic mass is 10.2. The number of aromatic nitrogens is 1. The Morgan fingerprint density at radius 2 is 2.20 bits per heavy atom. The smallest absolute Gasteiger partial charge is 0.254 e. The van der Waals surface area contributed by atoms with Crippen LogP contribution in [-0.4, -0.2) is 40.4 Å². The standard InChI is InChI=1S/C10H13N3OS/c11-9-7-8(1-2-12-9)10(14)13-3-5-15-6-4-13/h1-2,7H,3-6H2,(H2,11,12). The van der Waals surface area contributed by atoms with Crippen molar-refractivity contribution in [2.45, 2.75) is 0 Å². The summed E-state index contributed by atoms with van der Waals surface area (Å²) < 4.78 is 0. The third-order valence-electron chi connectivity index (χ3n) is 2.33. The molecule has 0 radical (unpaired) electrons. The molecule has 1 fully saturated rings. The average Bonchev–Trinajstić information content (AvgIpc) is 2.29. The van der Waals surface area contributed by atoms with Crippen molar-refractivity contribution < 1.29 is 4.79 Å². The first-order valence-corrected chi connectivity index (χ1v) is 6.01. The number of carbonyl (C=O) groups excluding carboxylic acids is 1. The van der Waals surface area contributed by atoms with E-state index in [4.69, 9.17) is 5.73 Å². The van der Waals surface area contributed by atoms with E-state index in [1.54, 1.807) is 18.3 Å². The van der Waals surface area contributed by atoms with Crippen LogP contribution in [0.15, 0.2) is 18.3 Å². The molecule has 5 heteroatoms. The minimum absolute atomic E-state index is 0.0596. The maximum atomic E-state index is 12.0. The molecule has 0 bridgehead atoms. The predicted octanol–water partition coefficient (Wildman–Crippen LogP) is 0.853. The van der Waals surface area contributed by atoms with Crippen LogP contribution in [0.3, 0.4) is 0 Å². The van der Waals surface area contributed by atoms with Crippen molar-refractivity contribution >= 4 is 23.5 Å². The number of anilines is 1. The number of nitrogen functional groups attached to an aromatic ring is 1. The van der Waals surface area contributed by atoms with Gasteiger partial charge in [0.1, 0.15) is 5.82 Å². The molecule has 15 heavy (non-hydrogen) atoms. The fraction of sp³-hybridized carbons (Fsp3) is 0.400. The Morgan fingerprint density at radius 3 is 2.87 bits per heavy atom. The van der Waals surface area contributed by atoms with Gasteiger partial charge in [0, 0.05) is 36.4 Å². The molecule has 1 amide bonds. The highest BCUT2D eigenvalue weighted by atomic mass is 32.2. The fourth-order valence-corrected chi connectivity index (χ4v) is 2.43. The number of nitrogens with zero attached hydrogens (tertiary/aromatic N) is 2. The van der Waals surface area contributed by atoms with Gasteiger partial charge in [0.05, 0.1) is 0 Å². The molecule has 0 atom stereocenters. The molecular formula is C10H13N3OS. The molecule has 2 N–H and O–H groups in total. The summed E-state index contributed by atoms with van der Waals surface area (Å²) in [7, 11) is 0. The summed E-state index contributed by atoms with van der Waals surface area (Å²) in [4.78, 5) is 17.7. The van der Waals surface area contributed by atoms with Gasteiger partial charge in [-0.3, -0.25) is 4.79 Å². The van der Waals surface area contributed by atoms with Gasteiger partial charge in [-0.2, -0.15) is 11.8 Å². The van der Waals surface area contributed by atoms with Gasteiger partial charge < -0.3 is 10.6 Å². The molecule has 0 spiro atoms. The molecule has 1 aliphatic heterocycles. The van der Waals surface area contributed by atoms with E-state index in [2.05, 4.69) is 4.98 Å². The molecule has 2 rings (SSSR count). The molecular weight excluding hydrogens is 210 g/mol. The summed E-state index contributed by atoms with van der Waals surface area (Å²) >= 11 is 1.88. The van der Waals surface area contributed by atoms with Crippen molar-refractivity contribution in [3.05, 3.63) is 23.9 Å². The van der Waals surface area contributed by atoms with Gasteiger partial charge in [0.2, 0.25) is 0 Å². The minimum atomic E-state index is 0.0596. The number of pyridine rings is 1. The van der Waals surface area contributed by atoms with Gasteiger partial charge >= 0.3 is 0 Å². The zero-order valence-electron chi connectivity index (χ0n) is 8.35. The normalized spacial score (nSPS) is 16.4. The van der Waals surface area contributed by atoms with Crippen LogP contribution in [0.25, 0.3) is 0 Å². The zero-order valence-corrected chi connectivity index (χ0v) is 9.17. The second kappa shape index (κ2) is 4.53. The summed E-state index contributed by atoms with van der Waals surface area (Å²) in [5.41, 5.74) is 6.17. The first-order valence-electron chi connectivity index (χ1n) is 4.86. The van der Waals surface area contributed by atoms with E-state index in [1.807, 2.05) is 16.7 Å². The third kappa shape index (κ3) is 2.41. The summed E-state index contributed by atoms with van der Waals surface area (Å²) in [5, 5.41) is 0. The van der Waals surface area contributed by atoms with E-state index in [-0.39, 0.29) is 5.91 Å². The largest absolute Gasteiger partial charge is 0.384 e. The second-order valence-electron chi connectivity index (χ2n) is 3.37. The predicted molar refractivity (Wildman–Crippen MR) is 61.9 cm³/mol. The summed E-state index contributed by atoms with van der Waals surface area (Å²) in [6.07, 6.45) is 1.57. The van der Waals surface area contributed by atoms with Crippen molar-refractivity contribution in [1.82, 2.24) is 9.88 Å². The number of amides is 1. The van der Waals surface area contributed by atoms with Crippen LogP contribution in [-0.2, 0) is 0 Å². The maximum Gasteiger partial charge on any atom is 0.254 e. The van der Waals surface area contributed by atoms with Gasteiger partial charge in [-0.15, -0.1) is 0 Å². The van der Waals surface area contributed by atoms with E-state index >= 15 is 0 Å². The molecule has 1 aromatic heterocycles. The van der Waals surface area contributed by atoms with Crippen molar-refractivity contribution in [2.75, 3.05) is 30.3 Å². The molecule has 2 heterocycles. The number of hydrogen-bond donors (Lipinski definition) is 1. The Bertz CT molecular complexity index is 363. The maximum absolute atomic E-state index is 12.0. The van der Waals surface area contributed by atoms with Gasteiger partial charge in [0.25, 0.3) is 5.91 Å². The second-order valence-corrected chi connectivity index (χ2v) is 4.60. The van der Waals surface area contributed by atoms with E-state index in [9.17, 15) is 4.79 Å². The van der Waals surface area contributed by atoms with Crippen molar-refractivity contribution in [3.8, 4) is 0 Å². The first-order chi connectivity index (χ1) is 7.27. The molecule has 0 aliphatic carbocycles. The van der Waals surface area contributed by atoms with E-state index in [0.29, 0.717) is 11.4 Å². The Morgan fingerprint density at radius 1 is 1.47 bits per heavy atom. The van der Waals surface area contributed by atoms with Crippen LogP contribution < -0.4 is 5.73 Å². The van der Waals surface area contributed by atoms with Gasteiger partial charge in [0.15, 0.2) is 0 Å². The van der Waals surface area contributed by atoms with Crippen molar-refractivity contribution in [2.24, 2.45) is 0 Å². The van der Waals surface area contributed by atoms with Crippen LogP contribution in [0.4, 0.5) is 5.82 Å². The van der Waals surface area contributed by atoms with Crippen molar-refractivity contribution in [1.29, 1.82) is 0 Å². The topological polar surface area (TPSA) is 59.2 Å². The lowest BCUT2D eigenvalue weighted by Crippen LogP contribution is -2.37. The summed E-state index contributed by atoms with van der Waals surface area (Å²) in [6.45, 7) is 1.65. The summed E-state index contributed by atoms with van der Waals surface area (Å²) in [5.74, 6) is 2.50. The quantitative estimate of drug-likeness (QED) is 0.767. The summed E-state index contributed by atoms with van der Waals surface area (Å²) in [6, 6.07) is 3.34. The number of hydrogen-bond acceptors (Lipinski definition) is 4. The molecule has 0 aromatic carbocycles. The number of thioether (sulfide) groups is 1. The van der Waals surface area contributed by atoms with E-state index in [0.717, 1.165) is 24.6 Å². The molecule has 1 aromatic rings. The monoisotopic (exact) mass is 223 g/mol. The van der Waals surface area contributed by atoms with E-state index < -0.39 is 0 Å². The van der Waals surface area contributed by atoms with Gasteiger partial charge in [-0.25, -0.2) is 4.98 Å². The van der Waals surface area contributed by atoms with Crippen LogP contribution in [0.5, 0.6) is 0 Å².